The third-order valence-electron chi connectivity index (χ3n) is 3.97. The Bertz CT molecular complexity index is 872. The zero-order chi connectivity index (χ0) is 16.5. The number of rotatable bonds is 3. The standard InChI is InChI=1S/C16H15ClN6O/c17-13-9-18-23-8-4-7-22(15(13)23)16(24)14-11-21(20-19-14)10-12-5-2-1-3-6-12/h1-3,5-6,9,11H,4,7-8,10H2. The fourth-order valence-electron chi connectivity index (χ4n) is 2.85. The third kappa shape index (κ3) is 2.67. The van der Waals surface area contributed by atoms with Gasteiger partial charge in [0.2, 0.25) is 0 Å². The molecule has 2 aromatic heterocycles. The molecule has 0 spiro atoms. The van der Waals surface area contributed by atoms with Crippen LogP contribution in [0.15, 0.2) is 42.7 Å². The molecule has 3 heterocycles. The molecular weight excluding hydrogens is 328 g/mol. The molecule has 0 aliphatic carbocycles. The molecule has 0 N–H and O–H groups in total. The number of hydrogen-bond acceptors (Lipinski definition) is 4. The Morgan fingerprint density at radius 2 is 2.04 bits per heavy atom. The molecule has 1 aliphatic heterocycles. The molecule has 1 aromatic carbocycles. The Hall–Kier alpha value is -2.67. The summed E-state index contributed by atoms with van der Waals surface area (Å²) >= 11 is 6.18. The van der Waals surface area contributed by atoms with E-state index in [1.807, 2.05) is 30.3 Å². The van der Waals surface area contributed by atoms with Crippen molar-refractivity contribution in [1.82, 2.24) is 24.8 Å². The highest BCUT2D eigenvalue weighted by molar-refractivity contribution is 6.33. The normalized spacial score (nSPS) is 13.8. The molecule has 7 nitrogen and oxygen atoms in total. The van der Waals surface area contributed by atoms with Gasteiger partial charge in [-0.3, -0.25) is 9.69 Å². The highest BCUT2D eigenvalue weighted by Gasteiger charge is 2.28. The number of aryl methyl sites for hydroxylation is 1. The van der Waals surface area contributed by atoms with Crippen LogP contribution in [0.1, 0.15) is 22.5 Å². The van der Waals surface area contributed by atoms with Crippen LogP contribution in [0.5, 0.6) is 0 Å². The van der Waals surface area contributed by atoms with Crippen molar-refractivity contribution in [2.24, 2.45) is 0 Å². The van der Waals surface area contributed by atoms with Crippen LogP contribution >= 0.6 is 11.6 Å². The number of anilines is 1. The quantitative estimate of drug-likeness (QED) is 0.732. The lowest BCUT2D eigenvalue weighted by molar-refractivity contribution is 0.0976. The van der Waals surface area contributed by atoms with E-state index in [1.54, 1.807) is 26.7 Å². The van der Waals surface area contributed by atoms with Gasteiger partial charge >= 0.3 is 0 Å². The summed E-state index contributed by atoms with van der Waals surface area (Å²) in [5.41, 5.74) is 1.40. The third-order valence-corrected chi connectivity index (χ3v) is 4.23. The SMILES string of the molecule is O=C(c1cn(Cc2ccccc2)nn1)N1CCCn2ncc(Cl)c21. The van der Waals surface area contributed by atoms with E-state index in [9.17, 15) is 4.79 Å². The number of halogens is 1. The molecule has 0 radical (unpaired) electrons. The molecule has 1 amide bonds. The molecule has 0 fully saturated rings. The second-order valence-corrected chi connectivity index (χ2v) is 6.04. The highest BCUT2D eigenvalue weighted by Crippen LogP contribution is 2.29. The first-order valence-electron chi connectivity index (χ1n) is 7.69. The van der Waals surface area contributed by atoms with Gasteiger partial charge in [0.25, 0.3) is 5.91 Å². The van der Waals surface area contributed by atoms with Crippen molar-refractivity contribution in [2.45, 2.75) is 19.5 Å². The van der Waals surface area contributed by atoms with E-state index >= 15 is 0 Å². The number of amides is 1. The number of aromatic nitrogens is 5. The van der Waals surface area contributed by atoms with Gasteiger partial charge in [0.15, 0.2) is 11.5 Å². The van der Waals surface area contributed by atoms with Gasteiger partial charge in [-0.05, 0) is 12.0 Å². The lowest BCUT2D eigenvalue weighted by Crippen LogP contribution is -2.38. The van der Waals surface area contributed by atoms with Crippen molar-refractivity contribution in [3.63, 3.8) is 0 Å². The van der Waals surface area contributed by atoms with Crippen LogP contribution in [-0.4, -0.2) is 37.2 Å². The minimum absolute atomic E-state index is 0.210. The molecule has 3 aromatic rings. The van der Waals surface area contributed by atoms with E-state index in [-0.39, 0.29) is 5.91 Å². The van der Waals surface area contributed by atoms with Gasteiger partial charge in [-0.15, -0.1) is 5.10 Å². The van der Waals surface area contributed by atoms with E-state index in [0.29, 0.717) is 29.6 Å². The molecule has 0 saturated heterocycles. The summed E-state index contributed by atoms with van der Waals surface area (Å²) < 4.78 is 3.41. The topological polar surface area (TPSA) is 68.8 Å². The molecule has 1 aliphatic rings. The van der Waals surface area contributed by atoms with Crippen LogP contribution in [0.4, 0.5) is 5.82 Å². The Labute approximate surface area is 143 Å². The Balaban J connectivity index is 1.57. The molecule has 24 heavy (non-hydrogen) atoms. The Morgan fingerprint density at radius 3 is 2.88 bits per heavy atom. The van der Waals surface area contributed by atoms with Gasteiger partial charge in [-0.25, -0.2) is 9.36 Å². The van der Waals surface area contributed by atoms with Crippen LogP contribution in [0.2, 0.25) is 5.02 Å². The molecule has 0 atom stereocenters. The van der Waals surface area contributed by atoms with Crippen LogP contribution in [0.25, 0.3) is 0 Å². The molecule has 0 saturated carbocycles. The van der Waals surface area contributed by atoms with Crippen LogP contribution in [-0.2, 0) is 13.1 Å². The number of carbonyl (C=O) groups is 1. The first-order valence-corrected chi connectivity index (χ1v) is 8.07. The van der Waals surface area contributed by atoms with Crippen LogP contribution in [0.3, 0.4) is 0 Å². The van der Waals surface area contributed by atoms with Gasteiger partial charge in [0.05, 0.1) is 18.9 Å². The molecular formula is C16H15ClN6O. The zero-order valence-corrected chi connectivity index (χ0v) is 13.6. The maximum atomic E-state index is 12.8. The average molecular weight is 343 g/mol. The summed E-state index contributed by atoms with van der Waals surface area (Å²) in [6.45, 7) is 1.92. The Kier molecular flexibility index (Phi) is 3.78. The van der Waals surface area contributed by atoms with E-state index in [1.165, 1.54) is 0 Å². The summed E-state index contributed by atoms with van der Waals surface area (Å²) in [5, 5.41) is 12.7. The van der Waals surface area contributed by atoms with Gasteiger partial charge in [0, 0.05) is 13.1 Å². The smallest absolute Gasteiger partial charge is 0.281 e. The number of benzene rings is 1. The largest absolute Gasteiger partial charge is 0.290 e. The molecule has 0 bridgehead atoms. The Morgan fingerprint density at radius 1 is 1.21 bits per heavy atom. The second-order valence-electron chi connectivity index (χ2n) is 5.64. The van der Waals surface area contributed by atoms with Gasteiger partial charge < -0.3 is 0 Å². The van der Waals surface area contributed by atoms with Crippen molar-refractivity contribution >= 4 is 23.3 Å². The lowest BCUT2D eigenvalue weighted by atomic mass is 10.2. The van der Waals surface area contributed by atoms with E-state index < -0.39 is 0 Å². The average Bonchev–Trinajstić information content (AvgIpc) is 3.22. The van der Waals surface area contributed by atoms with Crippen molar-refractivity contribution in [2.75, 3.05) is 11.4 Å². The van der Waals surface area contributed by atoms with Crippen LogP contribution in [0, 0.1) is 0 Å². The van der Waals surface area contributed by atoms with Crippen molar-refractivity contribution in [1.29, 1.82) is 0 Å². The number of fused-ring (bicyclic) bond motifs is 1. The molecule has 0 unspecified atom stereocenters. The molecule has 4 rings (SSSR count). The fraction of sp³-hybridized carbons (Fsp3) is 0.250. The predicted octanol–water partition coefficient (Wildman–Crippen LogP) is 2.23. The van der Waals surface area contributed by atoms with Crippen LogP contribution < -0.4 is 4.90 Å². The summed E-state index contributed by atoms with van der Waals surface area (Å²) in [7, 11) is 0. The van der Waals surface area contributed by atoms with E-state index in [4.69, 9.17) is 11.6 Å². The van der Waals surface area contributed by atoms with E-state index in [2.05, 4.69) is 15.4 Å². The van der Waals surface area contributed by atoms with Crippen molar-refractivity contribution < 1.29 is 4.79 Å². The summed E-state index contributed by atoms with van der Waals surface area (Å²) in [6, 6.07) is 9.91. The maximum absolute atomic E-state index is 12.8. The first-order chi connectivity index (χ1) is 11.7. The highest BCUT2D eigenvalue weighted by atomic mass is 35.5. The maximum Gasteiger partial charge on any atom is 0.281 e. The minimum atomic E-state index is -0.210. The summed E-state index contributed by atoms with van der Waals surface area (Å²) in [4.78, 5) is 14.4. The van der Waals surface area contributed by atoms with E-state index in [0.717, 1.165) is 18.5 Å². The fourth-order valence-corrected chi connectivity index (χ4v) is 3.10. The van der Waals surface area contributed by atoms with Gasteiger partial charge in [0.1, 0.15) is 5.02 Å². The minimum Gasteiger partial charge on any atom is -0.290 e. The van der Waals surface area contributed by atoms with Gasteiger partial charge in [-0.2, -0.15) is 5.10 Å². The predicted molar refractivity (Wildman–Crippen MR) is 89.1 cm³/mol. The molecule has 8 heteroatoms. The second kappa shape index (κ2) is 6.09. The summed E-state index contributed by atoms with van der Waals surface area (Å²) in [5.74, 6) is 0.420. The lowest BCUT2D eigenvalue weighted by Gasteiger charge is -2.27. The van der Waals surface area contributed by atoms with Crippen molar-refractivity contribution in [3.8, 4) is 0 Å². The number of hydrogen-bond donors (Lipinski definition) is 0. The number of carbonyl (C=O) groups excluding carboxylic acids is 1. The van der Waals surface area contributed by atoms with Gasteiger partial charge in [-0.1, -0.05) is 47.1 Å². The molecule has 122 valence electrons. The monoisotopic (exact) mass is 342 g/mol. The zero-order valence-electron chi connectivity index (χ0n) is 12.8. The summed E-state index contributed by atoms with van der Waals surface area (Å²) in [6.07, 6.45) is 4.06. The number of nitrogens with zero attached hydrogens (tertiary/aromatic N) is 6. The first kappa shape index (κ1) is 14.9. The van der Waals surface area contributed by atoms with Crippen molar-refractivity contribution in [3.05, 3.63) is 59.0 Å².